The van der Waals surface area contributed by atoms with Gasteiger partial charge in [0, 0.05) is 29.3 Å². The van der Waals surface area contributed by atoms with Crippen LogP contribution in [0, 0.1) is 0 Å². The number of benzene rings is 2. The monoisotopic (exact) mass is 499 g/mol. The summed E-state index contributed by atoms with van der Waals surface area (Å²) in [6, 6.07) is 13.1. The van der Waals surface area contributed by atoms with Gasteiger partial charge in [-0.1, -0.05) is 54.4 Å². The van der Waals surface area contributed by atoms with Crippen molar-refractivity contribution in [1.29, 1.82) is 0 Å². The SMILES string of the molecule is CCCOC(=O)C1=C(C)NC2=C(C(=O)C[C@H](c3ccc(OC)cc3)C2)[C@@H]1c1cccc(Cl)c1Cl. The van der Waals surface area contributed by atoms with Crippen LogP contribution >= 0.6 is 23.2 Å². The summed E-state index contributed by atoms with van der Waals surface area (Å²) < 4.78 is 10.8. The number of ether oxygens (including phenoxy) is 2. The Morgan fingerprint density at radius 1 is 1.12 bits per heavy atom. The van der Waals surface area contributed by atoms with Crippen LogP contribution in [0.5, 0.6) is 5.75 Å². The second-order valence-corrected chi connectivity index (χ2v) is 9.35. The molecule has 4 rings (SSSR count). The molecule has 0 radical (unpaired) electrons. The highest BCUT2D eigenvalue weighted by atomic mass is 35.5. The van der Waals surface area contributed by atoms with Gasteiger partial charge in [0.2, 0.25) is 0 Å². The smallest absolute Gasteiger partial charge is 0.336 e. The number of dihydropyridines is 1. The fraction of sp³-hybridized carbons (Fsp3) is 0.333. The van der Waals surface area contributed by atoms with Gasteiger partial charge < -0.3 is 14.8 Å². The number of nitrogens with one attached hydrogen (secondary N) is 1. The minimum atomic E-state index is -0.642. The lowest BCUT2D eigenvalue weighted by Gasteiger charge is -2.37. The van der Waals surface area contributed by atoms with Crippen molar-refractivity contribution in [2.75, 3.05) is 13.7 Å². The Morgan fingerprint density at radius 3 is 2.53 bits per heavy atom. The lowest BCUT2D eigenvalue weighted by Crippen LogP contribution is -2.36. The number of rotatable bonds is 6. The fourth-order valence-corrected chi connectivity index (χ4v) is 5.17. The maximum Gasteiger partial charge on any atom is 0.336 e. The van der Waals surface area contributed by atoms with Crippen molar-refractivity contribution in [2.24, 2.45) is 0 Å². The van der Waals surface area contributed by atoms with Crippen molar-refractivity contribution in [3.8, 4) is 5.75 Å². The fourth-order valence-electron chi connectivity index (χ4n) is 4.75. The molecule has 34 heavy (non-hydrogen) atoms. The topological polar surface area (TPSA) is 64.6 Å². The second kappa shape index (κ2) is 10.2. The van der Waals surface area contributed by atoms with E-state index < -0.39 is 11.9 Å². The van der Waals surface area contributed by atoms with Crippen LogP contribution in [-0.4, -0.2) is 25.5 Å². The van der Waals surface area contributed by atoms with Crippen molar-refractivity contribution < 1.29 is 19.1 Å². The van der Waals surface area contributed by atoms with E-state index in [-0.39, 0.29) is 11.7 Å². The van der Waals surface area contributed by atoms with E-state index in [1.54, 1.807) is 19.2 Å². The molecule has 0 unspecified atom stereocenters. The van der Waals surface area contributed by atoms with E-state index >= 15 is 0 Å². The molecule has 178 valence electrons. The van der Waals surface area contributed by atoms with Crippen LogP contribution < -0.4 is 10.1 Å². The molecule has 1 N–H and O–H groups in total. The van der Waals surface area contributed by atoms with Gasteiger partial charge >= 0.3 is 5.97 Å². The first-order valence-corrected chi connectivity index (χ1v) is 12.1. The van der Waals surface area contributed by atoms with Crippen LogP contribution in [0.1, 0.15) is 56.1 Å². The molecular formula is C27H27Cl2NO4. The van der Waals surface area contributed by atoms with Crippen molar-refractivity contribution in [2.45, 2.75) is 44.9 Å². The average molecular weight is 500 g/mol. The standard InChI is InChI=1S/C27H27Cl2NO4/c1-4-12-34-27(32)23-15(2)30-21-13-17(16-8-10-18(33-3)11-9-16)14-22(31)25(21)24(23)19-6-5-7-20(28)26(19)29/h5-11,17,24,30H,4,12-14H2,1-3H3/t17-,24-/m1/s1. The zero-order valence-electron chi connectivity index (χ0n) is 19.4. The van der Waals surface area contributed by atoms with Crippen LogP contribution in [0.3, 0.4) is 0 Å². The number of Topliss-reactive ketones (excluding diaryl/α,β-unsaturated/α-hetero) is 1. The van der Waals surface area contributed by atoms with E-state index in [4.69, 9.17) is 32.7 Å². The van der Waals surface area contributed by atoms with Gasteiger partial charge in [-0.15, -0.1) is 0 Å². The third-order valence-electron chi connectivity index (χ3n) is 6.36. The minimum Gasteiger partial charge on any atom is -0.497 e. The maximum atomic E-state index is 13.6. The van der Waals surface area contributed by atoms with Crippen LogP contribution in [0.25, 0.3) is 0 Å². The van der Waals surface area contributed by atoms with Gasteiger partial charge in [0.25, 0.3) is 0 Å². The first kappa shape index (κ1) is 24.4. The summed E-state index contributed by atoms with van der Waals surface area (Å²) in [6.07, 6.45) is 1.67. The zero-order valence-corrected chi connectivity index (χ0v) is 20.9. The van der Waals surface area contributed by atoms with Gasteiger partial charge in [-0.3, -0.25) is 4.79 Å². The number of hydrogen-bond donors (Lipinski definition) is 1. The Morgan fingerprint density at radius 2 is 1.85 bits per heavy atom. The molecule has 0 spiro atoms. The number of methoxy groups -OCH3 is 1. The molecule has 2 aromatic rings. The molecule has 0 aromatic heterocycles. The molecule has 1 aliphatic heterocycles. The molecular weight excluding hydrogens is 473 g/mol. The van der Waals surface area contributed by atoms with Crippen LogP contribution in [0.15, 0.2) is 65.0 Å². The van der Waals surface area contributed by atoms with E-state index in [0.29, 0.717) is 58.3 Å². The summed E-state index contributed by atoms with van der Waals surface area (Å²) in [5.74, 6) is -0.336. The number of allylic oxidation sites excluding steroid dienone is 3. The van der Waals surface area contributed by atoms with Crippen LogP contribution in [0.2, 0.25) is 10.0 Å². The lowest BCUT2D eigenvalue weighted by molar-refractivity contribution is -0.139. The molecule has 2 atom stereocenters. The normalized spacial score (nSPS) is 20.1. The van der Waals surface area contributed by atoms with Gasteiger partial charge in [-0.05, 0) is 55.0 Å². The molecule has 0 bridgehead atoms. The van der Waals surface area contributed by atoms with E-state index in [1.807, 2.05) is 44.2 Å². The van der Waals surface area contributed by atoms with Crippen molar-refractivity contribution in [3.63, 3.8) is 0 Å². The van der Waals surface area contributed by atoms with E-state index in [9.17, 15) is 9.59 Å². The van der Waals surface area contributed by atoms with Crippen LogP contribution in [0.4, 0.5) is 0 Å². The van der Waals surface area contributed by atoms with E-state index in [0.717, 1.165) is 17.0 Å². The second-order valence-electron chi connectivity index (χ2n) is 8.57. The first-order valence-electron chi connectivity index (χ1n) is 11.3. The predicted molar refractivity (Wildman–Crippen MR) is 133 cm³/mol. The Hall–Kier alpha value is -2.76. The molecule has 1 aliphatic carbocycles. The Bertz CT molecular complexity index is 1180. The summed E-state index contributed by atoms with van der Waals surface area (Å²) in [5, 5.41) is 4.06. The molecule has 0 fully saturated rings. The molecule has 2 aliphatic rings. The predicted octanol–water partition coefficient (Wildman–Crippen LogP) is 6.32. The quantitative estimate of drug-likeness (QED) is 0.471. The Labute approximate surface area is 209 Å². The van der Waals surface area contributed by atoms with Crippen molar-refractivity contribution in [3.05, 3.63) is 86.2 Å². The highest BCUT2D eigenvalue weighted by Gasteiger charge is 2.42. The molecule has 1 heterocycles. The number of hydrogen-bond acceptors (Lipinski definition) is 5. The van der Waals surface area contributed by atoms with Crippen LogP contribution in [-0.2, 0) is 14.3 Å². The van der Waals surface area contributed by atoms with Crippen molar-refractivity contribution in [1.82, 2.24) is 5.32 Å². The molecule has 0 amide bonds. The zero-order chi connectivity index (χ0) is 24.4. The number of carbonyl (C=O) groups is 2. The summed E-state index contributed by atoms with van der Waals surface area (Å²) in [4.78, 5) is 26.8. The molecule has 7 heteroatoms. The van der Waals surface area contributed by atoms with Gasteiger partial charge in [0.1, 0.15) is 5.75 Å². The third kappa shape index (κ3) is 4.59. The maximum absolute atomic E-state index is 13.6. The summed E-state index contributed by atoms with van der Waals surface area (Å²) >= 11 is 12.9. The molecule has 0 saturated heterocycles. The summed E-state index contributed by atoms with van der Waals surface area (Å²) in [6.45, 7) is 4.06. The van der Waals surface area contributed by atoms with E-state index in [2.05, 4.69) is 5.32 Å². The summed E-state index contributed by atoms with van der Waals surface area (Å²) in [5.41, 5.74) is 4.11. The molecule has 2 aromatic carbocycles. The Balaban J connectivity index is 1.79. The van der Waals surface area contributed by atoms with Gasteiger partial charge in [-0.25, -0.2) is 4.79 Å². The minimum absolute atomic E-state index is 0.0153. The number of carbonyl (C=O) groups excluding carboxylic acids is 2. The van der Waals surface area contributed by atoms with Gasteiger partial charge in [0.05, 0.1) is 29.3 Å². The highest BCUT2D eigenvalue weighted by molar-refractivity contribution is 6.42. The first-order chi connectivity index (χ1) is 16.3. The molecule has 0 saturated carbocycles. The van der Waals surface area contributed by atoms with Gasteiger partial charge in [0.15, 0.2) is 5.78 Å². The average Bonchev–Trinajstić information content (AvgIpc) is 2.83. The Kier molecular flexibility index (Phi) is 7.34. The van der Waals surface area contributed by atoms with Gasteiger partial charge in [-0.2, -0.15) is 0 Å². The summed E-state index contributed by atoms with van der Waals surface area (Å²) in [7, 11) is 1.63. The van der Waals surface area contributed by atoms with E-state index in [1.165, 1.54) is 0 Å². The number of halogens is 2. The van der Waals surface area contributed by atoms with Crippen molar-refractivity contribution >= 4 is 35.0 Å². The highest BCUT2D eigenvalue weighted by Crippen LogP contribution is 2.48. The molecule has 5 nitrogen and oxygen atoms in total. The third-order valence-corrected chi connectivity index (χ3v) is 7.20. The number of ketones is 1. The number of esters is 1. The lowest BCUT2D eigenvalue weighted by atomic mass is 9.71. The largest absolute Gasteiger partial charge is 0.497 e.